The summed E-state index contributed by atoms with van der Waals surface area (Å²) in [6, 6.07) is 9.19. The normalized spacial score (nSPS) is 11.3. The van der Waals surface area contributed by atoms with E-state index in [-0.39, 0.29) is 22.2 Å². The zero-order valence-electron chi connectivity index (χ0n) is 17.0. The molecule has 3 rings (SSSR count). The molecular formula is C21H26ClN3O3S2. The minimum absolute atomic E-state index is 0. The van der Waals surface area contributed by atoms with Gasteiger partial charge in [-0.25, -0.2) is 13.1 Å². The van der Waals surface area contributed by atoms with Gasteiger partial charge in [0.15, 0.2) is 0 Å². The minimum atomic E-state index is -3.55. The minimum Gasteiger partial charge on any atom is -0.326 e. The van der Waals surface area contributed by atoms with E-state index < -0.39 is 10.0 Å². The molecule has 162 valence electrons. The molecule has 0 atom stereocenters. The molecule has 30 heavy (non-hydrogen) atoms. The molecule has 2 N–H and O–H groups in total. The van der Waals surface area contributed by atoms with Gasteiger partial charge in [0, 0.05) is 40.6 Å². The van der Waals surface area contributed by atoms with Crippen LogP contribution in [0, 0.1) is 6.92 Å². The summed E-state index contributed by atoms with van der Waals surface area (Å²) in [7, 11) is -3.55. The molecule has 9 heteroatoms. The highest BCUT2D eigenvalue weighted by Crippen LogP contribution is 2.32. The molecule has 0 aromatic carbocycles. The average molecular weight is 468 g/mol. The first kappa shape index (κ1) is 24.3. The van der Waals surface area contributed by atoms with Crippen molar-refractivity contribution in [2.75, 3.05) is 6.54 Å². The number of aryl methyl sites for hydroxylation is 3. The molecule has 0 saturated heterocycles. The number of hydrogen-bond acceptors (Lipinski definition) is 5. The zero-order valence-corrected chi connectivity index (χ0v) is 19.4. The first-order chi connectivity index (χ1) is 13.9. The van der Waals surface area contributed by atoms with Gasteiger partial charge in [-0.05, 0) is 62.4 Å². The molecule has 3 aromatic heterocycles. The van der Waals surface area contributed by atoms with Crippen LogP contribution in [-0.2, 0) is 22.9 Å². The second kappa shape index (κ2) is 10.9. The predicted molar refractivity (Wildman–Crippen MR) is 124 cm³/mol. The lowest BCUT2D eigenvalue weighted by atomic mass is 10.1. The fraction of sp³-hybridized carbons (Fsp3) is 0.333. The zero-order chi connectivity index (χ0) is 20.9. The van der Waals surface area contributed by atoms with Gasteiger partial charge >= 0.3 is 0 Å². The van der Waals surface area contributed by atoms with Crippen molar-refractivity contribution in [3.8, 4) is 10.4 Å². The van der Waals surface area contributed by atoms with Crippen LogP contribution in [0.15, 0.2) is 51.7 Å². The van der Waals surface area contributed by atoms with Crippen LogP contribution < -0.4 is 10.3 Å². The number of aromatic nitrogens is 2. The molecule has 3 aromatic rings. The summed E-state index contributed by atoms with van der Waals surface area (Å²) in [5.41, 5.74) is 3.35. The Labute approximate surface area is 187 Å². The average Bonchev–Trinajstić information content (AvgIpc) is 3.19. The Morgan fingerprint density at radius 3 is 2.70 bits per heavy atom. The molecular weight excluding hydrogens is 442 g/mol. The second-order valence-electron chi connectivity index (χ2n) is 6.85. The molecule has 0 bridgehead atoms. The van der Waals surface area contributed by atoms with Crippen molar-refractivity contribution in [1.82, 2.24) is 14.7 Å². The summed E-state index contributed by atoms with van der Waals surface area (Å²) in [5.74, 6) is 0. The van der Waals surface area contributed by atoms with E-state index in [0.29, 0.717) is 18.5 Å². The first-order valence-electron chi connectivity index (χ1n) is 9.62. The predicted octanol–water partition coefficient (Wildman–Crippen LogP) is 4.09. The van der Waals surface area contributed by atoms with Gasteiger partial charge in [-0.15, -0.1) is 23.7 Å². The Kier molecular flexibility index (Phi) is 8.78. The summed E-state index contributed by atoms with van der Waals surface area (Å²) >= 11 is 1.21. The van der Waals surface area contributed by atoms with Crippen LogP contribution in [0.5, 0.6) is 0 Å². The summed E-state index contributed by atoms with van der Waals surface area (Å²) in [6.45, 7) is 4.14. The quantitative estimate of drug-likeness (QED) is 0.463. The van der Waals surface area contributed by atoms with Gasteiger partial charge in [-0.2, -0.15) is 0 Å². The Morgan fingerprint density at radius 2 is 2.00 bits per heavy atom. The summed E-state index contributed by atoms with van der Waals surface area (Å²) in [5, 5.41) is 0. The second-order valence-corrected chi connectivity index (χ2v) is 9.93. The van der Waals surface area contributed by atoms with Crippen LogP contribution in [0.4, 0.5) is 0 Å². The van der Waals surface area contributed by atoms with Crippen molar-refractivity contribution in [2.45, 2.75) is 43.7 Å². The van der Waals surface area contributed by atoms with E-state index in [1.165, 1.54) is 11.3 Å². The van der Waals surface area contributed by atoms with Gasteiger partial charge in [0.25, 0.3) is 5.56 Å². The van der Waals surface area contributed by atoms with Gasteiger partial charge in [0.05, 0.1) is 0 Å². The molecule has 0 spiro atoms. The number of nitrogens with zero attached hydrogens (tertiary/aromatic N) is 1. The molecule has 0 amide bonds. The third-order valence-corrected chi connectivity index (χ3v) is 7.79. The largest absolute Gasteiger partial charge is 0.326 e. The monoisotopic (exact) mass is 467 g/mol. The topological polar surface area (TPSA) is 91.9 Å². The van der Waals surface area contributed by atoms with E-state index in [2.05, 4.69) is 14.7 Å². The first-order valence-corrected chi connectivity index (χ1v) is 11.9. The highest BCUT2D eigenvalue weighted by molar-refractivity contribution is 7.91. The van der Waals surface area contributed by atoms with Crippen molar-refractivity contribution in [1.29, 1.82) is 0 Å². The van der Waals surface area contributed by atoms with E-state index in [4.69, 9.17) is 0 Å². The molecule has 0 unspecified atom stereocenters. The summed E-state index contributed by atoms with van der Waals surface area (Å²) < 4.78 is 28.2. The number of pyridine rings is 2. The number of sulfonamides is 1. The van der Waals surface area contributed by atoms with Crippen molar-refractivity contribution in [3.63, 3.8) is 0 Å². The van der Waals surface area contributed by atoms with Crippen LogP contribution in [0.25, 0.3) is 10.4 Å². The number of hydrogen-bond donors (Lipinski definition) is 2. The van der Waals surface area contributed by atoms with Gasteiger partial charge in [-0.1, -0.05) is 13.0 Å². The molecule has 3 heterocycles. The van der Waals surface area contributed by atoms with E-state index in [0.717, 1.165) is 41.0 Å². The maximum Gasteiger partial charge on any atom is 0.251 e. The summed E-state index contributed by atoms with van der Waals surface area (Å²) in [4.78, 5) is 19.7. The lowest BCUT2D eigenvalue weighted by molar-refractivity contribution is 0.578. The molecule has 0 aliphatic carbocycles. The Hall–Kier alpha value is -2.00. The molecule has 0 radical (unpaired) electrons. The third-order valence-electron chi connectivity index (χ3n) is 4.71. The van der Waals surface area contributed by atoms with Crippen molar-refractivity contribution in [3.05, 3.63) is 69.9 Å². The number of rotatable bonds is 9. The van der Waals surface area contributed by atoms with Gasteiger partial charge < -0.3 is 4.98 Å². The lowest BCUT2D eigenvalue weighted by Gasteiger charge is -2.06. The highest BCUT2D eigenvalue weighted by atomic mass is 35.5. The number of aromatic amines is 1. The lowest BCUT2D eigenvalue weighted by Crippen LogP contribution is -2.24. The molecule has 0 aliphatic rings. The summed E-state index contributed by atoms with van der Waals surface area (Å²) in [6.07, 6.45) is 6.72. The van der Waals surface area contributed by atoms with Gasteiger partial charge in [0.1, 0.15) is 4.21 Å². The van der Waals surface area contributed by atoms with Crippen LogP contribution in [0.1, 0.15) is 36.6 Å². The smallest absolute Gasteiger partial charge is 0.251 e. The van der Waals surface area contributed by atoms with Crippen molar-refractivity contribution in [2.24, 2.45) is 0 Å². The van der Waals surface area contributed by atoms with Gasteiger partial charge in [-0.3, -0.25) is 9.78 Å². The number of thiophene rings is 1. The van der Waals surface area contributed by atoms with E-state index >= 15 is 0 Å². The van der Waals surface area contributed by atoms with E-state index in [9.17, 15) is 13.2 Å². The number of unbranched alkanes of at least 4 members (excludes halogenated alkanes) is 1. The fourth-order valence-corrected chi connectivity index (χ4v) is 5.57. The van der Waals surface area contributed by atoms with E-state index in [1.54, 1.807) is 18.3 Å². The third kappa shape index (κ3) is 6.01. The maximum atomic E-state index is 12.6. The van der Waals surface area contributed by atoms with Crippen LogP contribution >= 0.6 is 23.7 Å². The highest BCUT2D eigenvalue weighted by Gasteiger charge is 2.18. The van der Waals surface area contributed by atoms with E-state index in [1.807, 2.05) is 38.2 Å². The fourth-order valence-electron chi connectivity index (χ4n) is 3.07. The molecule has 0 saturated carbocycles. The standard InChI is InChI=1S/C21H25N3O3S2.ClH/c1-3-17-13-18(15(2)24-21(17)25)19-9-10-20(28-19)29(26,27)23-12-5-4-7-16-8-6-11-22-14-16;/h6,8-11,13-14,23H,3-5,7,12H2,1-2H3,(H,24,25);1H. The Bertz CT molecular complexity index is 1130. The van der Waals surface area contributed by atoms with Crippen LogP contribution in [-0.4, -0.2) is 24.9 Å². The SMILES string of the molecule is CCc1cc(-c2ccc(S(=O)(=O)NCCCCc3cccnc3)s2)c(C)[nH]c1=O.Cl. The van der Waals surface area contributed by atoms with Crippen molar-refractivity contribution < 1.29 is 8.42 Å². The number of halogens is 1. The molecule has 6 nitrogen and oxygen atoms in total. The van der Waals surface area contributed by atoms with Crippen LogP contribution in [0.2, 0.25) is 0 Å². The Balaban J connectivity index is 0.00000320. The maximum absolute atomic E-state index is 12.6. The van der Waals surface area contributed by atoms with Crippen LogP contribution in [0.3, 0.4) is 0 Å². The Morgan fingerprint density at radius 1 is 1.20 bits per heavy atom. The van der Waals surface area contributed by atoms with Gasteiger partial charge in [0.2, 0.25) is 10.0 Å². The molecule has 0 aliphatic heterocycles. The van der Waals surface area contributed by atoms with Crippen molar-refractivity contribution >= 4 is 33.8 Å². The molecule has 0 fully saturated rings. The number of nitrogens with one attached hydrogen (secondary N) is 2. The number of H-pyrrole nitrogens is 1.